The summed E-state index contributed by atoms with van der Waals surface area (Å²) in [6, 6.07) is 0. The van der Waals surface area contributed by atoms with Crippen LogP contribution < -0.4 is 0 Å². The molecule has 0 aromatic rings. The minimum absolute atomic E-state index is 0.413. The second kappa shape index (κ2) is 22.0. The Labute approximate surface area is 187 Å². The molecule has 0 spiro atoms. The molecule has 0 aromatic heterocycles. The molecule has 0 amide bonds. The van der Waals surface area contributed by atoms with Crippen LogP contribution in [0.5, 0.6) is 0 Å². The normalized spacial score (nSPS) is 19.4. The molecule has 2 aliphatic rings. The van der Waals surface area contributed by atoms with Crippen molar-refractivity contribution >= 4 is 0 Å². The van der Waals surface area contributed by atoms with Gasteiger partial charge in [-0.1, -0.05) is 104 Å². The van der Waals surface area contributed by atoms with Crippen LogP contribution in [0.25, 0.3) is 0 Å². The summed E-state index contributed by atoms with van der Waals surface area (Å²) in [5.74, 6) is 0. The standard InChI is InChI=1S/C16H30O4.C10H22/c1(3-5-7-9-17-11-15-13-19-15)2-4-6-8-10-18-12-16-14-20-16;1-3-5-7-9-10-8-6-4-2/h15-16H,1-14H2;3-10H2,1-2H3. The molecule has 0 aromatic carbocycles. The Morgan fingerprint density at radius 2 is 0.800 bits per heavy atom. The predicted molar refractivity (Wildman–Crippen MR) is 126 cm³/mol. The third-order valence-corrected chi connectivity index (χ3v) is 5.70. The molecule has 4 heteroatoms. The van der Waals surface area contributed by atoms with Gasteiger partial charge in [-0.05, 0) is 12.8 Å². The molecule has 180 valence electrons. The molecule has 2 unspecified atom stereocenters. The molecule has 0 radical (unpaired) electrons. The fourth-order valence-corrected chi connectivity index (χ4v) is 3.43. The van der Waals surface area contributed by atoms with Crippen molar-refractivity contribution in [2.24, 2.45) is 0 Å². The van der Waals surface area contributed by atoms with E-state index >= 15 is 0 Å². The average molecular weight is 429 g/mol. The molecule has 30 heavy (non-hydrogen) atoms. The first kappa shape index (κ1) is 27.9. The van der Waals surface area contributed by atoms with Crippen molar-refractivity contribution in [3.8, 4) is 0 Å². The molecule has 4 nitrogen and oxygen atoms in total. The largest absolute Gasteiger partial charge is 0.379 e. The fourth-order valence-electron chi connectivity index (χ4n) is 3.43. The van der Waals surface area contributed by atoms with Crippen LogP contribution >= 0.6 is 0 Å². The first-order chi connectivity index (χ1) is 14.9. The maximum absolute atomic E-state index is 5.51. The van der Waals surface area contributed by atoms with E-state index in [-0.39, 0.29) is 0 Å². The van der Waals surface area contributed by atoms with Gasteiger partial charge >= 0.3 is 0 Å². The van der Waals surface area contributed by atoms with Crippen molar-refractivity contribution in [2.75, 3.05) is 39.6 Å². The van der Waals surface area contributed by atoms with E-state index in [2.05, 4.69) is 13.8 Å². The van der Waals surface area contributed by atoms with E-state index < -0.39 is 0 Å². The molecule has 2 fully saturated rings. The van der Waals surface area contributed by atoms with E-state index in [1.807, 2.05) is 0 Å². The van der Waals surface area contributed by atoms with Gasteiger partial charge < -0.3 is 18.9 Å². The summed E-state index contributed by atoms with van der Waals surface area (Å²) in [6.45, 7) is 9.75. The van der Waals surface area contributed by atoms with E-state index in [0.29, 0.717) is 12.2 Å². The average Bonchev–Trinajstić information content (AvgIpc) is 3.67. The van der Waals surface area contributed by atoms with Crippen LogP contribution in [0.2, 0.25) is 0 Å². The molecular weight excluding hydrogens is 376 g/mol. The lowest BCUT2D eigenvalue weighted by Crippen LogP contribution is -2.02. The van der Waals surface area contributed by atoms with Gasteiger partial charge in [0, 0.05) is 13.2 Å². The number of ether oxygens (including phenoxy) is 4. The third kappa shape index (κ3) is 22.5. The maximum Gasteiger partial charge on any atom is 0.104 e. The Morgan fingerprint density at radius 3 is 1.10 bits per heavy atom. The monoisotopic (exact) mass is 428 g/mol. The third-order valence-electron chi connectivity index (χ3n) is 5.70. The van der Waals surface area contributed by atoms with Crippen LogP contribution in [0.4, 0.5) is 0 Å². The quantitative estimate of drug-likeness (QED) is 0.136. The molecule has 2 rings (SSSR count). The summed E-state index contributed by atoms with van der Waals surface area (Å²) in [6.07, 6.45) is 22.7. The minimum Gasteiger partial charge on any atom is -0.379 e. The van der Waals surface area contributed by atoms with Gasteiger partial charge in [0.05, 0.1) is 26.4 Å². The predicted octanol–water partition coefficient (Wildman–Crippen LogP) is 7.09. The molecule has 0 bridgehead atoms. The highest BCUT2D eigenvalue weighted by atomic mass is 16.6. The Kier molecular flexibility index (Phi) is 20.5. The van der Waals surface area contributed by atoms with Crippen molar-refractivity contribution in [3.63, 3.8) is 0 Å². The molecule has 0 aliphatic carbocycles. The topological polar surface area (TPSA) is 43.5 Å². The van der Waals surface area contributed by atoms with E-state index in [4.69, 9.17) is 18.9 Å². The summed E-state index contributed by atoms with van der Waals surface area (Å²) in [7, 11) is 0. The number of unbranched alkanes of at least 4 members (excludes halogenated alkanes) is 14. The fraction of sp³-hybridized carbons (Fsp3) is 1.00. The Hall–Kier alpha value is -0.160. The van der Waals surface area contributed by atoms with Crippen molar-refractivity contribution in [1.82, 2.24) is 0 Å². The smallest absolute Gasteiger partial charge is 0.104 e. The summed E-state index contributed by atoms with van der Waals surface area (Å²) in [5, 5.41) is 0. The van der Waals surface area contributed by atoms with Crippen molar-refractivity contribution in [2.45, 2.75) is 129 Å². The van der Waals surface area contributed by atoms with Crippen LogP contribution in [-0.2, 0) is 18.9 Å². The van der Waals surface area contributed by atoms with E-state index in [0.717, 1.165) is 39.6 Å². The second-order valence-electron chi connectivity index (χ2n) is 9.01. The van der Waals surface area contributed by atoms with Crippen LogP contribution in [0, 0.1) is 0 Å². The molecule has 2 heterocycles. The van der Waals surface area contributed by atoms with Gasteiger partial charge in [0.1, 0.15) is 12.2 Å². The van der Waals surface area contributed by atoms with E-state index in [9.17, 15) is 0 Å². The second-order valence-corrected chi connectivity index (χ2v) is 9.01. The number of hydrogen-bond donors (Lipinski definition) is 0. The zero-order chi connectivity index (χ0) is 21.5. The van der Waals surface area contributed by atoms with Crippen molar-refractivity contribution in [1.29, 1.82) is 0 Å². The van der Waals surface area contributed by atoms with Gasteiger partial charge in [0.15, 0.2) is 0 Å². The lowest BCUT2D eigenvalue weighted by atomic mass is 10.1. The highest BCUT2D eigenvalue weighted by Gasteiger charge is 2.22. The lowest BCUT2D eigenvalue weighted by molar-refractivity contribution is 0.112. The van der Waals surface area contributed by atoms with Gasteiger partial charge in [-0.15, -0.1) is 0 Å². The maximum atomic E-state index is 5.51. The highest BCUT2D eigenvalue weighted by Crippen LogP contribution is 2.12. The number of epoxide rings is 2. The zero-order valence-corrected chi connectivity index (χ0v) is 20.3. The van der Waals surface area contributed by atoms with E-state index in [1.165, 1.54) is 103 Å². The minimum atomic E-state index is 0.413. The van der Waals surface area contributed by atoms with Gasteiger partial charge in [0.2, 0.25) is 0 Å². The van der Waals surface area contributed by atoms with Gasteiger partial charge in [-0.3, -0.25) is 0 Å². The summed E-state index contributed by atoms with van der Waals surface area (Å²) >= 11 is 0. The summed E-state index contributed by atoms with van der Waals surface area (Å²) in [4.78, 5) is 0. The summed E-state index contributed by atoms with van der Waals surface area (Å²) in [5.41, 5.74) is 0. The molecule has 0 N–H and O–H groups in total. The van der Waals surface area contributed by atoms with E-state index in [1.54, 1.807) is 0 Å². The SMILES string of the molecule is C(CCCCCOCC1CO1)CCCCOCC1CO1.CCCCCCCCCC. The number of hydrogen-bond acceptors (Lipinski definition) is 4. The lowest BCUT2D eigenvalue weighted by Gasteiger charge is -2.04. The summed E-state index contributed by atoms with van der Waals surface area (Å²) < 4.78 is 21.2. The van der Waals surface area contributed by atoms with Gasteiger partial charge in [-0.25, -0.2) is 0 Å². The first-order valence-corrected chi connectivity index (χ1v) is 13.3. The molecule has 2 saturated heterocycles. The molecule has 2 atom stereocenters. The van der Waals surface area contributed by atoms with Crippen LogP contribution in [-0.4, -0.2) is 51.8 Å². The Morgan fingerprint density at radius 1 is 0.500 bits per heavy atom. The van der Waals surface area contributed by atoms with Crippen molar-refractivity contribution in [3.05, 3.63) is 0 Å². The van der Waals surface area contributed by atoms with Crippen molar-refractivity contribution < 1.29 is 18.9 Å². The van der Waals surface area contributed by atoms with Crippen LogP contribution in [0.15, 0.2) is 0 Å². The molecule has 0 saturated carbocycles. The zero-order valence-electron chi connectivity index (χ0n) is 20.3. The van der Waals surface area contributed by atoms with Gasteiger partial charge in [-0.2, -0.15) is 0 Å². The molecule has 2 aliphatic heterocycles. The Bertz CT molecular complexity index is 297. The first-order valence-electron chi connectivity index (χ1n) is 13.3. The number of rotatable bonds is 22. The van der Waals surface area contributed by atoms with Gasteiger partial charge in [0.25, 0.3) is 0 Å². The Balaban J connectivity index is 0.000000382. The van der Waals surface area contributed by atoms with Crippen LogP contribution in [0.1, 0.15) is 117 Å². The molecular formula is C26H52O4. The van der Waals surface area contributed by atoms with Crippen LogP contribution in [0.3, 0.4) is 0 Å². The highest BCUT2D eigenvalue weighted by molar-refractivity contribution is 4.67.